The molecule has 0 aliphatic rings. The quantitative estimate of drug-likeness (QED) is 0.223. The number of aliphatic hydroxyl groups excluding tert-OH is 1. The molecule has 0 aliphatic heterocycles. The molecule has 0 bridgehead atoms. The first-order chi connectivity index (χ1) is 10.3. The van der Waals surface area contributed by atoms with Crippen LogP contribution < -0.4 is 5.73 Å². The largest absolute Gasteiger partial charge is 0.452 e. The predicted molar refractivity (Wildman–Crippen MR) is 60.7 cm³/mol. The lowest BCUT2D eigenvalue weighted by atomic mass is 10.3. The van der Waals surface area contributed by atoms with E-state index in [0.717, 1.165) is 6.92 Å². The lowest BCUT2D eigenvalue weighted by Gasteiger charge is -2.07. The van der Waals surface area contributed by atoms with Crippen LogP contribution in [0.1, 0.15) is 13.3 Å². The third kappa shape index (κ3) is 9.22. The maximum absolute atomic E-state index is 11.0. The zero-order valence-electron chi connectivity index (χ0n) is 11.3. The van der Waals surface area contributed by atoms with E-state index in [9.17, 15) is 24.0 Å². The summed E-state index contributed by atoms with van der Waals surface area (Å²) in [4.78, 5) is 69.6. The number of aliphatic hydroxyl groups is 1. The molecule has 0 radical (unpaired) electrons. The van der Waals surface area contributed by atoms with Crippen LogP contribution in [-0.4, -0.2) is 54.2 Å². The molecule has 0 aliphatic carbocycles. The van der Waals surface area contributed by atoms with Gasteiger partial charge in [0.25, 0.3) is 0 Å². The number of hydrogen-bond acceptors (Lipinski definition) is 12. The van der Waals surface area contributed by atoms with Crippen molar-refractivity contribution >= 4 is 29.8 Å². The molecular formula is C10H13NO11. The Morgan fingerprint density at radius 3 is 1.95 bits per heavy atom. The first-order valence-electron chi connectivity index (χ1n) is 5.57. The van der Waals surface area contributed by atoms with Gasteiger partial charge in [-0.25, -0.2) is 38.7 Å². The van der Waals surface area contributed by atoms with Crippen LogP contribution >= 0.6 is 0 Å². The maximum atomic E-state index is 11.0. The standard InChI is InChI=1S/C10H13NO11/c1-5(13)19-20-7(14)2-8(15)21-22-9(16)4-18-10(17)6(11)3-12/h6,12H,2-4,11H2,1H3. The molecule has 22 heavy (non-hydrogen) atoms. The van der Waals surface area contributed by atoms with Gasteiger partial charge in [0, 0.05) is 6.92 Å². The molecule has 0 aromatic carbocycles. The minimum Gasteiger partial charge on any atom is -0.452 e. The lowest BCUT2D eigenvalue weighted by molar-refractivity contribution is -0.268. The molecule has 0 saturated heterocycles. The summed E-state index contributed by atoms with van der Waals surface area (Å²) in [6.07, 6.45) is -1.00. The third-order valence-corrected chi connectivity index (χ3v) is 1.60. The van der Waals surface area contributed by atoms with Gasteiger partial charge in [-0.3, -0.25) is 4.79 Å². The average molecular weight is 323 g/mol. The molecule has 1 unspecified atom stereocenters. The van der Waals surface area contributed by atoms with Crippen molar-refractivity contribution in [3.63, 3.8) is 0 Å². The van der Waals surface area contributed by atoms with Gasteiger partial charge in [-0.2, -0.15) is 0 Å². The van der Waals surface area contributed by atoms with Gasteiger partial charge >= 0.3 is 29.8 Å². The molecule has 12 heteroatoms. The summed E-state index contributed by atoms with van der Waals surface area (Å²) in [5.41, 5.74) is 5.08. The van der Waals surface area contributed by atoms with Crippen LogP contribution in [0.25, 0.3) is 0 Å². The summed E-state index contributed by atoms with van der Waals surface area (Å²) in [5, 5.41) is 8.52. The maximum Gasteiger partial charge on any atom is 0.392 e. The molecule has 1 atom stereocenters. The molecule has 0 fully saturated rings. The Morgan fingerprint density at radius 1 is 0.955 bits per heavy atom. The Hall–Kier alpha value is -2.73. The topological polar surface area (TPSA) is 178 Å². The second kappa shape index (κ2) is 10.1. The van der Waals surface area contributed by atoms with Gasteiger partial charge in [0.15, 0.2) is 13.0 Å². The van der Waals surface area contributed by atoms with Gasteiger partial charge in [-0.05, 0) is 0 Å². The molecule has 0 aromatic heterocycles. The van der Waals surface area contributed by atoms with E-state index in [2.05, 4.69) is 24.3 Å². The number of carbonyl (C=O) groups is 5. The molecule has 0 heterocycles. The van der Waals surface area contributed by atoms with Crippen molar-refractivity contribution in [1.82, 2.24) is 0 Å². The van der Waals surface area contributed by atoms with Crippen LogP contribution in [0.5, 0.6) is 0 Å². The van der Waals surface area contributed by atoms with Crippen LogP contribution in [0.2, 0.25) is 0 Å². The summed E-state index contributed by atoms with van der Waals surface area (Å²) in [6.45, 7) is -0.664. The van der Waals surface area contributed by atoms with Gasteiger partial charge in [-0.1, -0.05) is 0 Å². The van der Waals surface area contributed by atoms with E-state index in [1.807, 2.05) is 0 Å². The van der Waals surface area contributed by atoms with E-state index < -0.39 is 55.5 Å². The summed E-state index contributed by atoms with van der Waals surface area (Å²) in [5.74, 6) is -5.87. The fourth-order valence-electron chi connectivity index (χ4n) is 0.711. The SMILES string of the molecule is CC(=O)OOC(=O)CC(=O)OOC(=O)COC(=O)C(N)CO. The number of nitrogens with two attached hydrogens (primary N) is 1. The first kappa shape index (κ1) is 19.3. The zero-order chi connectivity index (χ0) is 17.1. The summed E-state index contributed by atoms with van der Waals surface area (Å²) < 4.78 is 4.30. The molecule has 0 aromatic rings. The number of hydrogen-bond donors (Lipinski definition) is 2. The van der Waals surface area contributed by atoms with E-state index in [1.54, 1.807) is 0 Å². The van der Waals surface area contributed by atoms with Crippen molar-refractivity contribution in [3.8, 4) is 0 Å². The minimum absolute atomic E-state index is 0.687. The number of rotatable bonds is 6. The first-order valence-corrected chi connectivity index (χ1v) is 5.57. The van der Waals surface area contributed by atoms with Crippen LogP contribution in [0.15, 0.2) is 0 Å². The summed E-state index contributed by atoms with van der Waals surface area (Å²) in [7, 11) is 0. The van der Waals surface area contributed by atoms with Gasteiger partial charge in [0.1, 0.15) is 6.04 Å². The van der Waals surface area contributed by atoms with Crippen LogP contribution in [0.3, 0.4) is 0 Å². The van der Waals surface area contributed by atoms with Gasteiger partial charge in [0.05, 0.1) is 6.61 Å². The van der Waals surface area contributed by atoms with Crippen LogP contribution in [-0.2, 0) is 48.3 Å². The number of esters is 1. The second-order valence-electron chi connectivity index (χ2n) is 3.51. The van der Waals surface area contributed by atoms with E-state index >= 15 is 0 Å². The molecule has 0 rings (SSSR count). The average Bonchev–Trinajstić information content (AvgIpc) is 2.47. The van der Waals surface area contributed by atoms with Gasteiger partial charge in [0.2, 0.25) is 0 Å². The molecule has 3 N–H and O–H groups in total. The van der Waals surface area contributed by atoms with E-state index in [4.69, 9.17) is 10.8 Å². The number of ether oxygens (including phenoxy) is 1. The smallest absolute Gasteiger partial charge is 0.392 e. The van der Waals surface area contributed by atoms with Crippen molar-refractivity contribution in [2.24, 2.45) is 5.73 Å². The lowest BCUT2D eigenvalue weighted by Crippen LogP contribution is -2.36. The fourth-order valence-corrected chi connectivity index (χ4v) is 0.711. The molecule has 0 amide bonds. The van der Waals surface area contributed by atoms with Crippen molar-refractivity contribution < 1.29 is 53.4 Å². The minimum atomic E-state index is -1.33. The van der Waals surface area contributed by atoms with Gasteiger partial charge in [-0.15, -0.1) is 0 Å². The Balaban J connectivity index is 3.90. The number of carbonyl (C=O) groups excluding carboxylic acids is 5. The molecular weight excluding hydrogens is 310 g/mol. The Kier molecular flexibility index (Phi) is 8.81. The highest BCUT2D eigenvalue weighted by Crippen LogP contribution is 1.95. The Morgan fingerprint density at radius 2 is 1.45 bits per heavy atom. The summed E-state index contributed by atoms with van der Waals surface area (Å²) in [6, 6.07) is -1.33. The monoisotopic (exact) mass is 323 g/mol. The van der Waals surface area contributed by atoms with Crippen LogP contribution in [0.4, 0.5) is 0 Å². The fraction of sp³-hybridized carbons (Fsp3) is 0.500. The van der Waals surface area contributed by atoms with Crippen LogP contribution in [0, 0.1) is 0 Å². The Labute approximate surface area is 122 Å². The van der Waals surface area contributed by atoms with E-state index in [1.165, 1.54) is 0 Å². The zero-order valence-corrected chi connectivity index (χ0v) is 11.3. The van der Waals surface area contributed by atoms with Crippen molar-refractivity contribution in [2.75, 3.05) is 13.2 Å². The molecule has 124 valence electrons. The molecule has 0 spiro atoms. The van der Waals surface area contributed by atoms with Gasteiger partial charge < -0.3 is 15.6 Å². The van der Waals surface area contributed by atoms with Crippen molar-refractivity contribution in [2.45, 2.75) is 19.4 Å². The summed E-state index contributed by atoms with van der Waals surface area (Å²) >= 11 is 0. The Bertz CT molecular complexity index is 446. The second-order valence-corrected chi connectivity index (χ2v) is 3.51. The highest BCUT2D eigenvalue weighted by molar-refractivity contribution is 5.91. The third-order valence-electron chi connectivity index (χ3n) is 1.60. The predicted octanol–water partition coefficient (Wildman–Crippen LogP) is -2.74. The molecule has 12 nitrogen and oxygen atoms in total. The van der Waals surface area contributed by atoms with E-state index in [0.29, 0.717) is 0 Å². The highest BCUT2D eigenvalue weighted by atomic mass is 17.2. The van der Waals surface area contributed by atoms with Crippen molar-refractivity contribution in [3.05, 3.63) is 0 Å². The van der Waals surface area contributed by atoms with E-state index in [-0.39, 0.29) is 0 Å². The highest BCUT2D eigenvalue weighted by Gasteiger charge is 2.19. The van der Waals surface area contributed by atoms with Crippen molar-refractivity contribution in [1.29, 1.82) is 0 Å². The molecule has 0 saturated carbocycles. The normalized spacial score (nSPS) is 10.9.